The second kappa shape index (κ2) is 9.85. The normalized spacial score (nSPS) is 11.7. The van der Waals surface area contributed by atoms with Crippen molar-refractivity contribution in [1.29, 1.82) is 0 Å². The molecule has 1 unspecified atom stereocenters. The van der Waals surface area contributed by atoms with Crippen LogP contribution in [0.4, 0.5) is 5.69 Å². The Labute approximate surface area is 188 Å². The molecule has 0 fully saturated rings. The Morgan fingerprint density at radius 2 is 1.87 bits per heavy atom. The number of nitrogens with one attached hydrogen (secondary N) is 1. The van der Waals surface area contributed by atoms with Crippen LogP contribution < -0.4 is 15.6 Å². The van der Waals surface area contributed by atoms with Gasteiger partial charge in [-0.1, -0.05) is 29.3 Å². The molecule has 0 aliphatic rings. The molecule has 1 aromatic heterocycles. The van der Waals surface area contributed by atoms with E-state index in [1.165, 1.54) is 16.8 Å². The average Bonchev–Trinajstić information content (AvgIpc) is 2.73. The Kier molecular flexibility index (Phi) is 7.20. The van der Waals surface area contributed by atoms with Gasteiger partial charge in [-0.15, -0.1) is 0 Å². The summed E-state index contributed by atoms with van der Waals surface area (Å²) in [6.45, 7) is 3.34. The summed E-state index contributed by atoms with van der Waals surface area (Å²) in [5.74, 6) is -0.516. The summed E-state index contributed by atoms with van der Waals surface area (Å²) in [4.78, 5) is 37.1. The minimum absolute atomic E-state index is 0.195. The fraction of sp³-hybridized carbons (Fsp3) is 0.227. The Balaban J connectivity index is 1.81. The molecular formula is C22H20Cl2N2O5. The number of ether oxygens (including phenoxy) is 2. The van der Waals surface area contributed by atoms with Crippen LogP contribution >= 0.6 is 23.2 Å². The van der Waals surface area contributed by atoms with Crippen LogP contribution in [0.3, 0.4) is 0 Å². The fourth-order valence-corrected chi connectivity index (χ4v) is 3.24. The standard InChI is InChI=1S/C22H20Cl2N2O5/c1-3-30-22(29)13(2)31-19-6-4-5-16-15(19)9-10-26(21(16)28)12-20(27)25-14-7-8-17(23)18(24)11-14/h4-11,13H,3,12H2,1-2H3,(H,25,27). The number of pyridine rings is 1. The average molecular weight is 463 g/mol. The van der Waals surface area contributed by atoms with Crippen LogP contribution in [0.2, 0.25) is 10.0 Å². The van der Waals surface area contributed by atoms with E-state index in [2.05, 4.69) is 5.32 Å². The summed E-state index contributed by atoms with van der Waals surface area (Å²) in [7, 11) is 0. The van der Waals surface area contributed by atoms with Gasteiger partial charge in [0, 0.05) is 17.3 Å². The Hall–Kier alpha value is -3.03. The lowest BCUT2D eigenvalue weighted by molar-refractivity contribution is -0.150. The first-order valence-corrected chi connectivity index (χ1v) is 10.3. The highest BCUT2D eigenvalue weighted by Crippen LogP contribution is 2.26. The molecule has 3 rings (SSSR count). The molecule has 1 amide bonds. The van der Waals surface area contributed by atoms with Crippen LogP contribution in [-0.2, 0) is 20.9 Å². The molecule has 0 bridgehead atoms. The number of carbonyl (C=O) groups excluding carboxylic acids is 2. The highest BCUT2D eigenvalue weighted by molar-refractivity contribution is 6.42. The first-order chi connectivity index (χ1) is 14.8. The van der Waals surface area contributed by atoms with Crippen molar-refractivity contribution in [3.05, 3.63) is 69.1 Å². The van der Waals surface area contributed by atoms with Gasteiger partial charge in [0.05, 0.1) is 22.0 Å². The van der Waals surface area contributed by atoms with Gasteiger partial charge >= 0.3 is 5.97 Å². The lowest BCUT2D eigenvalue weighted by Gasteiger charge is -2.15. The van der Waals surface area contributed by atoms with Crippen molar-refractivity contribution in [2.75, 3.05) is 11.9 Å². The van der Waals surface area contributed by atoms with Gasteiger partial charge in [-0.25, -0.2) is 4.79 Å². The minimum atomic E-state index is -0.829. The van der Waals surface area contributed by atoms with Crippen LogP contribution in [0.15, 0.2) is 53.5 Å². The third kappa shape index (κ3) is 5.37. The number of aromatic nitrogens is 1. The van der Waals surface area contributed by atoms with Crippen LogP contribution in [0.1, 0.15) is 13.8 Å². The molecule has 0 radical (unpaired) electrons. The van der Waals surface area contributed by atoms with E-state index in [1.807, 2.05) is 0 Å². The third-order valence-corrected chi connectivity index (χ3v) is 5.16. The van der Waals surface area contributed by atoms with Crippen molar-refractivity contribution >= 4 is 51.5 Å². The number of carbonyl (C=O) groups is 2. The van der Waals surface area contributed by atoms with E-state index in [1.54, 1.807) is 50.2 Å². The van der Waals surface area contributed by atoms with E-state index >= 15 is 0 Å². The molecule has 2 aromatic carbocycles. The quantitative estimate of drug-likeness (QED) is 0.529. The first-order valence-electron chi connectivity index (χ1n) is 9.50. The minimum Gasteiger partial charge on any atom is -0.478 e. The zero-order valence-electron chi connectivity index (χ0n) is 16.9. The van der Waals surface area contributed by atoms with E-state index < -0.39 is 18.0 Å². The lowest BCUT2D eigenvalue weighted by atomic mass is 10.1. The zero-order chi connectivity index (χ0) is 22.5. The van der Waals surface area contributed by atoms with Gasteiger partial charge in [0.1, 0.15) is 12.3 Å². The molecule has 7 nitrogen and oxygen atoms in total. The predicted octanol–water partition coefficient (Wildman–Crippen LogP) is 4.28. The Morgan fingerprint density at radius 3 is 2.58 bits per heavy atom. The van der Waals surface area contributed by atoms with Crippen molar-refractivity contribution in [3.8, 4) is 5.75 Å². The molecule has 1 heterocycles. The zero-order valence-corrected chi connectivity index (χ0v) is 18.4. The van der Waals surface area contributed by atoms with Gasteiger partial charge in [-0.3, -0.25) is 9.59 Å². The fourth-order valence-electron chi connectivity index (χ4n) is 2.94. The maximum absolute atomic E-state index is 12.9. The number of nitrogens with zero attached hydrogens (tertiary/aromatic N) is 1. The van der Waals surface area contributed by atoms with Crippen LogP contribution in [-0.4, -0.2) is 29.2 Å². The van der Waals surface area contributed by atoms with Gasteiger partial charge in [-0.05, 0) is 50.2 Å². The summed E-state index contributed by atoms with van der Waals surface area (Å²) in [5, 5.41) is 4.26. The highest BCUT2D eigenvalue weighted by Gasteiger charge is 2.18. The number of hydrogen-bond acceptors (Lipinski definition) is 5. The largest absolute Gasteiger partial charge is 0.478 e. The summed E-state index contributed by atoms with van der Waals surface area (Å²) in [6, 6.07) is 11.3. The molecule has 162 valence electrons. The van der Waals surface area contributed by atoms with Gasteiger partial charge in [0.15, 0.2) is 6.10 Å². The van der Waals surface area contributed by atoms with Crippen LogP contribution in [0, 0.1) is 0 Å². The maximum atomic E-state index is 12.9. The number of amides is 1. The van der Waals surface area contributed by atoms with Gasteiger partial charge in [-0.2, -0.15) is 0 Å². The molecule has 0 aliphatic heterocycles. The van der Waals surface area contributed by atoms with E-state index in [4.69, 9.17) is 32.7 Å². The molecule has 0 saturated carbocycles. The Bertz CT molecular complexity index is 1190. The molecular weight excluding hydrogens is 443 g/mol. The van der Waals surface area contributed by atoms with Crippen molar-refractivity contribution in [3.63, 3.8) is 0 Å². The summed E-state index contributed by atoms with van der Waals surface area (Å²) in [6.07, 6.45) is 0.672. The predicted molar refractivity (Wildman–Crippen MR) is 120 cm³/mol. The molecule has 0 saturated heterocycles. The summed E-state index contributed by atoms with van der Waals surface area (Å²) < 4.78 is 11.9. The number of esters is 1. The first kappa shape index (κ1) is 22.7. The molecule has 9 heteroatoms. The van der Waals surface area contributed by atoms with E-state index in [9.17, 15) is 14.4 Å². The topological polar surface area (TPSA) is 86.6 Å². The van der Waals surface area contributed by atoms with Gasteiger partial charge in [0.25, 0.3) is 5.56 Å². The maximum Gasteiger partial charge on any atom is 0.347 e. The molecule has 0 aliphatic carbocycles. The third-order valence-electron chi connectivity index (χ3n) is 4.42. The number of anilines is 1. The SMILES string of the molecule is CCOC(=O)C(C)Oc1cccc2c(=O)n(CC(=O)Nc3ccc(Cl)c(Cl)c3)ccc12. The molecule has 31 heavy (non-hydrogen) atoms. The lowest BCUT2D eigenvalue weighted by Crippen LogP contribution is -2.28. The van der Waals surface area contributed by atoms with E-state index in [0.717, 1.165) is 0 Å². The number of benzene rings is 2. The summed E-state index contributed by atoms with van der Waals surface area (Å²) >= 11 is 11.8. The van der Waals surface area contributed by atoms with Gasteiger partial charge < -0.3 is 19.4 Å². The van der Waals surface area contributed by atoms with Crippen LogP contribution in [0.25, 0.3) is 10.8 Å². The van der Waals surface area contributed by atoms with Gasteiger partial charge in [0.2, 0.25) is 5.91 Å². The highest BCUT2D eigenvalue weighted by atomic mass is 35.5. The van der Waals surface area contributed by atoms with Crippen molar-refractivity contribution in [2.45, 2.75) is 26.5 Å². The second-order valence-corrected chi connectivity index (χ2v) is 7.47. The Morgan fingerprint density at radius 1 is 1.10 bits per heavy atom. The number of fused-ring (bicyclic) bond motifs is 1. The van der Waals surface area contributed by atoms with E-state index in [0.29, 0.717) is 32.3 Å². The van der Waals surface area contributed by atoms with Crippen molar-refractivity contribution in [1.82, 2.24) is 4.57 Å². The van der Waals surface area contributed by atoms with Crippen LogP contribution in [0.5, 0.6) is 5.75 Å². The molecule has 1 atom stereocenters. The molecule has 3 aromatic rings. The van der Waals surface area contributed by atoms with E-state index in [-0.39, 0.29) is 18.7 Å². The monoisotopic (exact) mass is 462 g/mol. The smallest absolute Gasteiger partial charge is 0.347 e. The number of hydrogen-bond donors (Lipinski definition) is 1. The number of halogens is 2. The number of rotatable bonds is 7. The van der Waals surface area contributed by atoms with Crippen molar-refractivity contribution in [2.24, 2.45) is 0 Å². The second-order valence-electron chi connectivity index (χ2n) is 6.66. The van der Waals surface area contributed by atoms with Crippen molar-refractivity contribution < 1.29 is 19.1 Å². The molecule has 0 spiro atoms. The summed E-state index contributed by atoms with van der Waals surface area (Å²) in [5.41, 5.74) is 0.105. The molecule has 1 N–H and O–H groups in total.